The van der Waals surface area contributed by atoms with Gasteiger partial charge in [0.15, 0.2) is 0 Å². The van der Waals surface area contributed by atoms with Crippen LogP contribution >= 0.6 is 0 Å². The van der Waals surface area contributed by atoms with E-state index in [0.29, 0.717) is 5.88 Å². The first-order valence-corrected chi connectivity index (χ1v) is 6.62. The predicted octanol–water partition coefficient (Wildman–Crippen LogP) is 2.94. The highest BCUT2D eigenvalue weighted by Gasteiger charge is 2.11. The number of hydrogen-bond donors (Lipinski definition) is 1. The van der Waals surface area contributed by atoms with E-state index in [9.17, 15) is 0 Å². The van der Waals surface area contributed by atoms with Crippen LogP contribution in [0.15, 0.2) is 30.6 Å². The quantitative estimate of drug-likeness (QED) is 0.907. The van der Waals surface area contributed by atoms with Crippen molar-refractivity contribution in [2.75, 3.05) is 31.4 Å². The Labute approximate surface area is 119 Å². The molecule has 2 aromatic rings. The minimum absolute atomic E-state index is 0.600. The maximum absolute atomic E-state index is 5.92. The Hall–Kier alpha value is -2.30. The van der Waals surface area contributed by atoms with Crippen molar-refractivity contribution in [2.24, 2.45) is 0 Å². The van der Waals surface area contributed by atoms with Crippen LogP contribution in [-0.4, -0.2) is 31.1 Å². The first-order chi connectivity index (χ1) is 9.65. The monoisotopic (exact) mass is 272 g/mol. The lowest BCUT2D eigenvalue weighted by Crippen LogP contribution is -2.08. The molecule has 0 unspecified atom stereocenters. The summed E-state index contributed by atoms with van der Waals surface area (Å²) < 4.78 is 5.92. The molecule has 0 saturated carbocycles. The molecule has 0 aliphatic rings. The van der Waals surface area contributed by atoms with Crippen LogP contribution in [0, 0.1) is 0 Å². The van der Waals surface area contributed by atoms with Crippen molar-refractivity contribution in [3.05, 3.63) is 36.2 Å². The molecule has 0 spiro atoms. The molecular formula is C15H20N4O. The second-order valence-corrected chi connectivity index (χ2v) is 4.60. The Morgan fingerprint density at radius 1 is 1.25 bits per heavy atom. The van der Waals surface area contributed by atoms with Gasteiger partial charge in [-0.15, -0.1) is 0 Å². The van der Waals surface area contributed by atoms with Crippen LogP contribution in [0.3, 0.4) is 0 Å². The Balaban J connectivity index is 2.32. The minimum Gasteiger partial charge on any atom is -0.438 e. The van der Waals surface area contributed by atoms with Gasteiger partial charge in [0.1, 0.15) is 17.9 Å². The van der Waals surface area contributed by atoms with Crippen molar-refractivity contribution < 1.29 is 4.74 Å². The molecule has 1 aromatic carbocycles. The molecule has 5 heteroatoms. The predicted molar refractivity (Wildman–Crippen MR) is 81.8 cm³/mol. The number of benzene rings is 1. The maximum Gasteiger partial charge on any atom is 0.227 e. The number of nitrogens with zero attached hydrogens (tertiary/aromatic N) is 3. The van der Waals surface area contributed by atoms with Crippen LogP contribution in [0.1, 0.15) is 12.5 Å². The molecule has 0 amide bonds. The third-order valence-corrected chi connectivity index (χ3v) is 3.04. The summed E-state index contributed by atoms with van der Waals surface area (Å²) in [6, 6.07) is 7.91. The Kier molecular flexibility index (Phi) is 4.40. The van der Waals surface area contributed by atoms with E-state index >= 15 is 0 Å². The van der Waals surface area contributed by atoms with Crippen molar-refractivity contribution in [1.29, 1.82) is 0 Å². The van der Waals surface area contributed by atoms with Crippen LogP contribution in [0.5, 0.6) is 11.6 Å². The summed E-state index contributed by atoms with van der Waals surface area (Å²) in [6.45, 7) is 2.06. The molecule has 0 atom stereocenters. The van der Waals surface area contributed by atoms with E-state index in [-0.39, 0.29) is 0 Å². The number of nitrogens with one attached hydrogen (secondary N) is 1. The molecule has 1 N–H and O–H groups in total. The van der Waals surface area contributed by atoms with Gasteiger partial charge in [-0.05, 0) is 18.6 Å². The largest absolute Gasteiger partial charge is 0.438 e. The van der Waals surface area contributed by atoms with Crippen LogP contribution in [0.2, 0.25) is 0 Å². The van der Waals surface area contributed by atoms with Gasteiger partial charge in [0.05, 0.1) is 5.56 Å². The molecule has 0 aliphatic carbocycles. The van der Waals surface area contributed by atoms with Gasteiger partial charge in [0.2, 0.25) is 5.88 Å². The van der Waals surface area contributed by atoms with Crippen LogP contribution in [-0.2, 0) is 6.42 Å². The van der Waals surface area contributed by atoms with E-state index in [1.807, 2.05) is 50.3 Å². The number of aromatic nitrogens is 2. The van der Waals surface area contributed by atoms with Gasteiger partial charge in [0.25, 0.3) is 0 Å². The van der Waals surface area contributed by atoms with E-state index in [1.165, 1.54) is 6.33 Å². The summed E-state index contributed by atoms with van der Waals surface area (Å²) in [5, 5.41) is 3.06. The van der Waals surface area contributed by atoms with Gasteiger partial charge >= 0.3 is 0 Å². The normalized spacial score (nSPS) is 10.2. The van der Waals surface area contributed by atoms with Gasteiger partial charge in [-0.1, -0.05) is 13.0 Å². The molecule has 0 bridgehead atoms. The van der Waals surface area contributed by atoms with Crippen molar-refractivity contribution in [3.8, 4) is 11.6 Å². The number of ether oxygens (including phenoxy) is 1. The standard InChI is InChI=1S/C15H20N4O/c1-5-13-14(16-2)17-10-18-15(13)20-12-8-6-7-11(9-12)19(3)4/h6-10H,5H2,1-4H3,(H,16,17,18). The molecule has 106 valence electrons. The van der Waals surface area contributed by atoms with E-state index < -0.39 is 0 Å². The zero-order chi connectivity index (χ0) is 14.5. The molecule has 0 aliphatic heterocycles. The first-order valence-electron chi connectivity index (χ1n) is 6.62. The Bertz CT molecular complexity index is 584. The summed E-state index contributed by atoms with van der Waals surface area (Å²) >= 11 is 0. The second-order valence-electron chi connectivity index (χ2n) is 4.60. The number of hydrogen-bond acceptors (Lipinski definition) is 5. The van der Waals surface area contributed by atoms with Crippen molar-refractivity contribution in [1.82, 2.24) is 9.97 Å². The SMILES string of the molecule is CCc1c(NC)ncnc1Oc1cccc(N(C)C)c1. The molecular weight excluding hydrogens is 252 g/mol. The fraction of sp³-hybridized carbons (Fsp3) is 0.333. The van der Waals surface area contributed by atoms with Crippen LogP contribution in [0.25, 0.3) is 0 Å². The molecule has 20 heavy (non-hydrogen) atoms. The van der Waals surface area contributed by atoms with Gasteiger partial charge in [-0.3, -0.25) is 0 Å². The van der Waals surface area contributed by atoms with Gasteiger partial charge in [-0.25, -0.2) is 9.97 Å². The van der Waals surface area contributed by atoms with Crippen molar-refractivity contribution >= 4 is 11.5 Å². The summed E-state index contributed by atoms with van der Waals surface area (Å²) in [5.41, 5.74) is 2.06. The number of rotatable bonds is 5. The van der Waals surface area contributed by atoms with E-state index in [0.717, 1.165) is 29.2 Å². The fourth-order valence-electron chi connectivity index (χ4n) is 1.96. The molecule has 1 aromatic heterocycles. The van der Waals surface area contributed by atoms with Crippen molar-refractivity contribution in [3.63, 3.8) is 0 Å². The molecule has 0 saturated heterocycles. The highest BCUT2D eigenvalue weighted by atomic mass is 16.5. The Morgan fingerprint density at radius 3 is 2.70 bits per heavy atom. The van der Waals surface area contributed by atoms with Gasteiger partial charge < -0.3 is 15.0 Å². The lowest BCUT2D eigenvalue weighted by atomic mass is 10.2. The van der Waals surface area contributed by atoms with Gasteiger partial charge in [-0.2, -0.15) is 0 Å². The molecule has 1 heterocycles. The molecule has 2 rings (SSSR count). The fourth-order valence-corrected chi connectivity index (χ4v) is 1.96. The zero-order valence-corrected chi connectivity index (χ0v) is 12.3. The minimum atomic E-state index is 0.600. The maximum atomic E-state index is 5.92. The zero-order valence-electron chi connectivity index (χ0n) is 12.3. The Morgan fingerprint density at radius 2 is 2.05 bits per heavy atom. The number of anilines is 2. The first kappa shape index (κ1) is 14.1. The summed E-state index contributed by atoms with van der Waals surface area (Å²) in [5.74, 6) is 2.18. The third kappa shape index (κ3) is 2.99. The lowest BCUT2D eigenvalue weighted by Gasteiger charge is -2.15. The average Bonchev–Trinajstić information content (AvgIpc) is 2.47. The third-order valence-electron chi connectivity index (χ3n) is 3.04. The average molecular weight is 272 g/mol. The highest BCUT2D eigenvalue weighted by molar-refractivity contribution is 5.52. The van der Waals surface area contributed by atoms with Gasteiger partial charge in [0, 0.05) is 32.9 Å². The topological polar surface area (TPSA) is 50.3 Å². The molecule has 0 radical (unpaired) electrons. The van der Waals surface area contributed by atoms with Crippen molar-refractivity contribution in [2.45, 2.75) is 13.3 Å². The van der Waals surface area contributed by atoms with E-state index in [4.69, 9.17) is 4.74 Å². The van der Waals surface area contributed by atoms with E-state index in [2.05, 4.69) is 22.2 Å². The second kappa shape index (κ2) is 6.23. The summed E-state index contributed by atoms with van der Waals surface area (Å²) in [7, 11) is 5.85. The summed E-state index contributed by atoms with van der Waals surface area (Å²) in [4.78, 5) is 10.5. The van der Waals surface area contributed by atoms with Crippen LogP contribution in [0.4, 0.5) is 11.5 Å². The lowest BCUT2D eigenvalue weighted by molar-refractivity contribution is 0.455. The van der Waals surface area contributed by atoms with Crippen LogP contribution < -0.4 is 15.0 Å². The van der Waals surface area contributed by atoms with E-state index in [1.54, 1.807) is 0 Å². The molecule has 0 fully saturated rings. The highest BCUT2D eigenvalue weighted by Crippen LogP contribution is 2.29. The summed E-state index contributed by atoms with van der Waals surface area (Å²) in [6.07, 6.45) is 2.32. The smallest absolute Gasteiger partial charge is 0.227 e. The molecule has 5 nitrogen and oxygen atoms in total.